The summed E-state index contributed by atoms with van der Waals surface area (Å²) in [5.74, 6) is 1.38. The van der Waals surface area contributed by atoms with Crippen molar-refractivity contribution in [1.29, 1.82) is 0 Å². The number of carbonyl (C=O) groups excluding carboxylic acids is 1. The van der Waals surface area contributed by atoms with Crippen molar-refractivity contribution in [1.82, 2.24) is 20.1 Å². The molecule has 0 spiro atoms. The van der Waals surface area contributed by atoms with E-state index in [1.165, 1.54) is 0 Å². The van der Waals surface area contributed by atoms with Crippen molar-refractivity contribution in [3.8, 4) is 5.88 Å². The third kappa shape index (κ3) is 4.34. The van der Waals surface area contributed by atoms with Crippen molar-refractivity contribution in [3.63, 3.8) is 0 Å². The number of aliphatic imine (C=N–C) groups is 1. The van der Waals surface area contributed by atoms with Crippen molar-refractivity contribution in [2.75, 3.05) is 40.8 Å². The molecule has 7 heteroatoms. The number of nitrogens with one attached hydrogen (secondary N) is 1. The average Bonchev–Trinajstić information content (AvgIpc) is 2.97. The number of rotatable bonds is 4. The lowest BCUT2D eigenvalue weighted by Gasteiger charge is -2.22. The van der Waals surface area contributed by atoms with Gasteiger partial charge < -0.3 is 19.9 Å². The van der Waals surface area contributed by atoms with E-state index in [-0.39, 0.29) is 18.6 Å². The summed E-state index contributed by atoms with van der Waals surface area (Å²) in [6.45, 7) is 1.81. The summed E-state index contributed by atoms with van der Waals surface area (Å²) in [5, 5.41) is 3.09. The second-order valence-electron chi connectivity index (χ2n) is 5.33. The van der Waals surface area contributed by atoms with Crippen LogP contribution in [0.3, 0.4) is 0 Å². The van der Waals surface area contributed by atoms with Crippen LogP contribution in [0, 0.1) is 0 Å². The lowest BCUT2D eigenvalue weighted by Crippen LogP contribution is -2.44. The van der Waals surface area contributed by atoms with Crippen LogP contribution in [-0.2, 0) is 4.79 Å². The normalized spacial score (nSPS) is 18.2. The number of nitrogens with zero attached hydrogens (tertiary/aromatic N) is 4. The average molecular weight is 305 g/mol. The first-order valence-corrected chi connectivity index (χ1v) is 7.33. The van der Waals surface area contributed by atoms with Crippen LogP contribution < -0.4 is 10.1 Å². The molecule has 1 aliphatic heterocycles. The number of carbonyl (C=O) groups is 1. The number of pyridine rings is 1. The smallest absolute Gasteiger partial charge is 0.241 e. The van der Waals surface area contributed by atoms with Crippen molar-refractivity contribution in [2.45, 2.75) is 12.5 Å². The molecule has 0 bridgehead atoms. The maximum Gasteiger partial charge on any atom is 0.241 e. The summed E-state index contributed by atoms with van der Waals surface area (Å²) < 4.78 is 5.85. The van der Waals surface area contributed by atoms with Gasteiger partial charge in [-0.3, -0.25) is 9.79 Å². The Labute approximate surface area is 131 Å². The Morgan fingerprint density at radius 3 is 3.00 bits per heavy atom. The first-order chi connectivity index (χ1) is 10.6. The van der Waals surface area contributed by atoms with Crippen molar-refractivity contribution in [2.24, 2.45) is 4.99 Å². The number of guanidine groups is 1. The molecular weight excluding hydrogens is 282 g/mol. The van der Waals surface area contributed by atoms with Gasteiger partial charge in [0.1, 0.15) is 6.10 Å². The monoisotopic (exact) mass is 305 g/mol. The molecule has 2 heterocycles. The van der Waals surface area contributed by atoms with E-state index in [0.29, 0.717) is 5.88 Å². The van der Waals surface area contributed by atoms with Crippen LogP contribution in [0.15, 0.2) is 29.4 Å². The summed E-state index contributed by atoms with van der Waals surface area (Å²) in [4.78, 5) is 23.7. The highest BCUT2D eigenvalue weighted by atomic mass is 16.5. The molecule has 7 nitrogen and oxygen atoms in total. The molecule has 1 aromatic heterocycles. The number of likely N-dealkylation sites (tertiary alicyclic amines) is 1. The second kappa shape index (κ2) is 7.63. The summed E-state index contributed by atoms with van der Waals surface area (Å²) in [7, 11) is 5.19. The molecule has 1 aromatic rings. The number of aromatic nitrogens is 1. The van der Waals surface area contributed by atoms with Crippen molar-refractivity contribution >= 4 is 11.9 Å². The summed E-state index contributed by atoms with van der Waals surface area (Å²) >= 11 is 0. The Balaban J connectivity index is 1.84. The van der Waals surface area contributed by atoms with E-state index in [2.05, 4.69) is 20.2 Å². The zero-order valence-electron chi connectivity index (χ0n) is 13.3. The number of ether oxygens (including phenoxy) is 1. The van der Waals surface area contributed by atoms with Gasteiger partial charge in [0.25, 0.3) is 0 Å². The van der Waals surface area contributed by atoms with E-state index < -0.39 is 0 Å². The fourth-order valence-electron chi connectivity index (χ4n) is 2.25. The van der Waals surface area contributed by atoms with Crippen molar-refractivity contribution < 1.29 is 9.53 Å². The predicted octanol–water partition coefficient (Wildman–Crippen LogP) is 0.198. The molecule has 1 aliphatic rings. The van der Waals surface area contributed by atoms with Crippen LogP contribution in [0.4, 0.5) is 0 Å². The van der Waals surface area contributed by atoms with Gasteiger partial charge in [-0.05, 0) is 6.07 Å². The van der Waals surface area contributed by atoms with Crippen LogP contribution in [0.2, 0.25) is 0 Å². The molecule has 1 fully saturated rings. The van der Waals surface area contributed by atoms with Gasteiger partial charge in [-0.1, -0.05) is 6.07 Å². The third-order valence-corrected chi connectivity index (χ3v) is 3.48. The van der Waals surface area contributed by atoms with E-state index in [0.717, 1.165) is 25.5 Å². The topological polar surface area (TPSA) is 70.1 Å². The fraction of sp³-hybridized carbons (Fsp3) is 0.533. The van der Waals surface area contributed by atoms with Crippen molar-refractivity contribution in [3.05, 3.63) is 24.4 Å². The highest BCUT2D eigenvalue weighted by Crippen LogP contribution is 2.16. The lowest BCUT2D eigenvalue weighted by molar-refractivity contribution is -0.127. The highest BCUT2D eigenvalue weighted by molar-refractivity contribution is 5.86. The molecule has 120 valence electrons. The van der Waals surface area contributed by atoms with Gasteiger partial charge in [0.2, 0.25) is 11.8 Å². The Hall–Kier alpha value is -2.31. The Morgan fingerprint density at radius 2 is 2.36 bits per heavy atom. The maximum atomic E-state index is 11.6. The Kier molecular flexibility index (Phi) is 5.57. The lowest BCUT2D eigenvalue weighted by atomic mass is 10.3. The van der Waals surface area contributed by atoms with E-state index in [1.54, 1.807) is 32.2 Å². The zero-order chi connectivity index (χ0) is 15.9. The molecule has 0 aliphatic carbocycles. The summed E-state index contributed by atoms with van der Waals surface area (Å²) in [6.07, 6.45) is 2.70. The number of hydrogen-bond donors (Lipinski definition) is 1. The quantitative estimate of drug-likeness (QED) is 0.635. The van der Waals surface area contributed by atoms with Crippen LogP contribution in [-0.4, -0.2) is 73.5 Å². The van der Waals surface area contributed by atoms with Crippen LogP contribution in [0.1, 0.15) is 6.42 Å². The molecule has 1 amide bonds. The number of amides is 1. The van der Waals surface area contributed by atoms with Gasteiger partial charge in [-0.15, -0.1) is 0 Å². The number of likely N-dealkylation sites (N-methyl/N-ethyl adjacent to an activating group) is 1. The highest BCUT2D eigenvalue weighted by Gasteiger charge is 2.26. The predicted molar refractivity (Wildman–Crippen MR) is 84.9 cm³/mol. The Bertz CT molecular complexity index is 518. The van der Waals surface area contributed by atoms with Crippen LogP contribution >= 0.6 is 0 Å². The van der Waals surface area contributed by atoms with Gasteiger partial charge in [-0.25, -0.2) is 4.98 Å². The molecule has 0 saturated carbocycles. The van der Waals surface area contributed by atoms with Gasteiger partial charge >= 0.3 is 0 Å². The van der Waals surface area contributed by atoms with E-state index in [4.69, 9.17) is 4.74 Å². The minimum absolute atomic E-state index is 0.0154. The van der Waals surface area contributed by atoms with Crippen LogP contribution in [0.25, 0.3) is 0 Å². The second-order valence-corrected chi connectivity index (χ2v) is 5.33. The molecule has 1 unspecified atom stereocenters. The molecule has 22 heavy (non-hydrogen) atoms. The molecule has 0 aromatic carbocycles. The SMILES string of the molecule is CN=C(NCC(=O)N(C)C)N1CCC(Oc2ccccn2)C1. The molecule has 1 saturated heterocycles. The maximum absolute atomic E-state index is 11.6. The molecule has 1 atom stereocenters. The standard InChI is InChI=1S/C15H23N5O2/c1-16-15(18-10-14(21)19(2)3)20-9-7-12(11-20)22-13-6-4-5-8-17-13/h4-6,8,12H,7,9-11H2,1-3H3,(H,16,18). The minimum atomic E-state index is 0.0154. The fourth-order valence-corrected chi connectivity index (χ4v) is 2.25. The van der Waals surface area contributed by atoms with E-state index in [9.17, 15) is 4.79 Å². The number of hydrogen-bond acceptors (Lipinski definition) is 4. The minimum Gasteiger partial charge on any atom is -0.472 e. The van der Waals surface area contributed by atoms with Gasteiger partial charge in [0, 0.05) is 46.4 Å². The first-order valence-electron chi connectivity index (χ1n) is 7.33. The molecule has 2 rings (SSSR count). The van der Waals surface area contributed by atoms with Gasteiger partial charge in [-0.2, -0.15) is 0 Å². The van der Waals surface area contributed by atoms with Gasteiger partial charge in [0.15, 0.2) is 5.96 Å². The van der Waals surface area contributed by atoms with E-state index >= 15 is 0 Å². The van der Waals surface area contributed by atoms with E-state index in [1.807, 2.05) is 18.2 Å². The first kappa shape index (κ1) is 16.1. The van der Waals surface area contributed by atoms with Crippen LogP contribution in [0.5, 0.6) is 5.88 Å². The van der Waals surface area contributed by atoms with Gasteiger partial charge in [0.05, 0.1) is 13.1 Å². The molecule has 0 radical (unpaired) electrons. The third-order valence-electron chi connectivity index (χ3n) is 3.48. The zero-order valence-corrected chi connectivity index (χ0v) is 13.3. The summed E-state index contributed by atoms with van der Waals surface area (Å²) in [6, 6.07) is 5.62. The molecule has 1 N–H and O–H groups in total. The summed E-state index contributed by atoms with van der Waals surface area (Å²) in [5.41, 5.74) is 0. The Morgan fingerprint density at radius 1 is 1.55 bits per heavy atom. The molecular formula is C15H23N5O2. The largest absolute Gasteiger partial charge is 0.472 e.